The number of anilines is 1. The van der Waals surface area contributed by atoms with Crippen LogP contribution in [-0.2, 0) is 15.9 Å². The number of benzene rings is 2. The molecule has 0 bridgehead atoms. The molecule has 0 saturated carbocycles. The molecule has 3 aromatic rings. The van der Waals surface area contributed by atoms with Gasteiger partial charge in [0.25, 0.3) is 5.91 Å². The number of fused-ring (bicyclic) bond motifs is 1. The first-order chi connectivity index (χ1) is 20.6. The summed E-state index contributed by atoms with van der Waals surface area (Å²) < 4.78 is 22.4. The highest BCUT2D eigenvalue weighted by Gasteiger charge is 2.52. The Balaban J connectivity index is 1.63. The number of ether oxygens (including phenoxy) is 3. The van der Waals surface area contributed by atoms with E-state index in [0.717, 1.165) is 5.57 Å². The van der Waals surface area contributed by atoms with Crippen molar-refractivity contribution in [2.45, 2.75) is 65.1 Å². The molecule has 0 radical (unpaired) electrons. The summed E-state index contributed by atoms with van der Waals surface area (Å²) in [6, 6.07) is 7.07. The number of nitrogens with two attached hydrogens (primary N) is 1. The van der Waals surface area contributed by atoms with Crippen molar-refractivity contribution in [2.24, 2.45) is 11.7 Å². The quantitative estimate of drug-likeness (QED) is 0.161. The van der Waals surface area contributed by atoms with Crippen molar-refractivity contribution in [2.75, 3.05) is 11.9 Å². The summed E-state index contributed by atoms with van der Waals surface area (Å²) >= 11 is 0. The number of aliphatic hydroxyl groups is 2. The first kappa shape index (κ1) is 32.3. The normalized spacial score (nSPS) is 21.0. The molecule has 4 atom stereocenters. The average molecular weight is 613 g/mol. The van der Waals surface area contributed by atoms with E-state index >= 15 is 0 Å². The van der Waals surface area contributed by atoms with Gasteiger partial charge in [-0.3, -0.25) is 4.79 Å². The SMILES string of the molecule is CC(C)=CCc1cc(C(=O)Nc2c(O)c3ccc(O[C@@H]4OC(C)(C)[C@H](CO)[C@@H](OC(N)=O)[C@H]4O)c(C)c3oc2=O)ccc1O. The lowest BCUT2D eigenvalue weighted by Gasteiger charge is -2.47. The van der Waals surface area contributed by atoms with Crippen molar-refractivity contribution in [1.29, 1.82) is 0 Å². The molecule has 7 N–H and O–H groups in total. The van der Waals surface area contributed by atoms with E-state index in [2.05, 4.69) is 5.32 Å². The van der Waals surface area contributed by atoms with Crippen LogP contribution in [0.1, 0.15) is 49.2 Å². The third-order valence-corrected chi connectivity index (χ3v) is 7.57. The predicted octanol–water partition coefficient (Wildman–Crippen LogP) is 3.22. The summed E-state index contributed by atoms with van der Waals surface area (Å²) in [6.07, 6.45) is -3.06. The van der Waals surface area contributed by atoms with Gasteiger partial charge in [0, 0.05) is 11.1 Å². The number of carbonyl (C=O) groups excluding carboxylic acids is 2. The van der Waals surface area contributed by atoms with Crippen molar-refractivity contribution in [3.63, 3.8) is 0 Å². The van der Waals surface area contributed by atoms with Gasteiger partial charge >= 0.3 is 11.7 Å². The molecule has 1 aromatic heterocycles. The van der Waals surface area contributed by atoms with Crippen molar-refractivity contribution >= 4 is 28.7 Å². The van der Waals surface area contributed by atoms with Gasteiger partial charge in [-0.1, -0.05) is 11.6 Å². The van der Waals surface area contributed by atoms with Crippen LogP contribution in [0.2, 0.25) is 0 Å². The summed E-state index contributed by atoms with van der Waals surface area (Å²) in [4.78, 5) is 37.4. The number of phenolic OH excluding ortho intramolecular Hbond substituents is 1. The smallest absolute Gasteiger partial charge is 0.404 e. The zero-order chi connectivity index (χ0) is 32.5. The van der Waals surface area contributed by atoms with E-state index in [9.17, 15) is 34.8 Å². The van der Waals surface area contributed by atoms with Gasteiger partial charge in [-0.05, 0) is 76.9 Å². The minimum Gasteiger partial charge on any atom is -0.508 e. The second kappa shape index (κ2) is 12.6. The predicted molar refractivity (Wildman–Crippen MR) is 159 cm³/mol. The topological polar surface area (TPSA) is 211 Å². The van der Waals surface area contributed by atoms with Gasteiger partial charge in [0.15, 0.2) is 17.5 Å². The molecule has 1 fully saturated rings. The molecule has 44 heavy (non-hydrogen) atoms. The van der Waals surface area contributed by atoms with Crippen molar-refractivity contribution in [3.05, 3.63) is 69.1 Å². The van der Waals surface area contributed by atoms with E-state index in [4.69, 9.17) is 24.4 Å². The number of amides is 2. The summed E-state index contributed by atoms with van der Waals surface area (Å²) in [7, 11) is 0. The van der Waals surface area contributed by atoms with Gasteiger partial charge in [-0.15, -0.1) is 0 Å². The van der Waals surface area contributed by atoms with Crippen LogP contribution >= 0.6 is 0 Å². The van der Waals surface area contributed by atoms with Gasteiger partial charge in [-0.25, -0.2) is 9.59 Å². The second-order valence-electron chi connectivity index (χ2n) is 11.4. The third kappa shape index (κ3) is 6.49. The number of nitrogens with one attached hydrogen (secondary N) is 1. The summed E-state index contributed by atoms with van der Waals surface area (Å²) in [5.41, 5.74) is 4.41. The fourth-order valence-electron chi connectivity index (χ4n) is 5.07. The lowest BCUT2D eigenvalue weighted by molar-refractivity contribution is -0.290. The first-order valence-corrected chi connectivity index (χ1v) is 13.8. The number of aryl methyl sites for hydroxylation is 1. The number of allylic oxidation sites excluding steroid dienone is 2. The standard InChI is InChI=1S/C31H36N2O11/c1-14(2)6-7-16-12-17(8-10-20(16)35)27(38)33-22-23(36)18-9-11-21(15(3)25(18)42-28(22)39)41-29-24(37)26(43-30(32)40)19(13-34)31(4,5)44-29/h6,8-12,19,24,26,29,34-37H,7,13H2,1-5H3,(H2,32,40)(H,33,38)/t19-,24-,26-,29-/m1/s1. The zero-order valence-electron chi connectivity index (χ0n) is 24.9. The second-order valence-corrected chi connectivity index (χ2v) is 11.4. The van der Waals surface area contributed by atoms with Crippen LogP contribution in [0.3, 0.4) is 0 Å². The maximum atomic E-state index is 13.0. The van der Waals surface area contributed by atoms with Gasteiger partial charge in [0.2, 0.25) is 6.29 Å². The fraction of sp³-hybridized carbons (Fsp3) is 0.387. The molecule has 2 aromatic carbocycles. The minimum atomic E-state index is -1.55. The van der Waals surface area contributed by atoms with E-state index in [1.165, 1.54) is 37.3 Å². The number of hydrogen-bond acceptors (Lipinski definition) is 11. The average Bonchev–Trinajstić information content (AvgIpc) is 2.94. The highest BCUT2D eigenvalue weighted by Crippen LogP contribution is 2.39. The molecule has 0 spiro atoms. The molecule has 4 rings (SSSR count). The van der Waals surface area contributed by atoms with E-state index in [-0.39, 0.29) is 33.6 Å². The molecule has 13 nitrogen and oxygen atoms in total. The number of carbonyl (C=O) groups is 2. The highest BCUT2D eigenvalue weighted by atomic mass is 16.7. The molecule has 236 valence electrons. The highest BCUT2D eigenvalue weighted by molar-refractivity contribution is 6.06. The van der Waals surface area contributed by atoms with Crippen LogP contribution in [0.5, 0.6) is 17.2 Å². The molecule has 13 heteroatoms. The number of phenols is 1. The maximum Gasteiger partial charge on any atom is 0.404 e. The zero-order valence-corrected chi connectivity index (χ0v) is 24.9. The molecule has 1 aliphatic heterocycles. The van der Waals surface area contributed by atoms with Gasteiger partial charge in [0.05, 0.1) is 23.5 Å². The third-order valence-electron chi connectivity index (χ3n) is 7.57. The Kier molecular flexibility index (Phi) is 9.23. The molecule has 1 saturated heterocycles. The van der Waals surface area contributed by atoms with Crippen LogP contribution in [-0.4, -0.2) is 63.1 Å². The Bertz CT molecular complexity index is 1670. The lowest BCUT2D eigenvalue weighted by atomic mass is 9.81. The molecule has 2 heterocycles. The van der Waals surface area contributed by atoms with Crippen LogP contribution < -0.4 is 21.4 Å². The van der Waals surface area contributed by atoms with E-state index in [1.807, 2.05) is 19.9 Å². The van der Waals surface area contributed by atoms with Crippen molar-refractivity contribution in [1.82, 2.24) is 0 Å². The van der Waals surface area contributed by atoms with Crippen molar-refractivity contribution in [3.8, 4) is 17.2 Å². The minimum absolute atomic E-state index is 0.0134. The van der Waals surface area contributed by atoms with E-state index in [1.54, 1.807) is 13.8 Å². The van der Waals surface area contributed by atoms with E-state index in [0.29, 0.717) is 12.0 Å². The largest absolute Gasteiger partial charge is 0.508 e. The molecule has 0 unspecified atom stereocenters. The maximum absolute atomic E-state index is 13.0. The number of hydrogen-bond donors (Lipinski definition) is 6. The van der Waals surface area contributed by atoms with Gasteiger partial charge in [-0.2, -0.15) is 0 Å². The Morgan fingerprint density at radius 2 is 1.86 bits per heavy atom. The van der Waals surface area contributed by atoms with Crippen LogP contribution in [0, 0.1) is 12.8 Å². The summed E-state index contributed by atoms with van der Waals surface area (Å²) in [5.74, 6) is -1.96. The van der Waals surface area contributed by atoms with Crippen LogP contribution in [0.15, 0.2) is 51.2 Å². The van der Waals surface area contributed by atoms with Crippen molar-refractivity contribution < 1.29 is 48.6 Å². The lowest BCUT2D eigenvalue weighted by Crippen LogP contribution is -2.62. The monoisotopic (exact) mass is 612 g/mol. The Morgan fingerprint density at radius 3 is 2.50 bits per heavy atom. The molecule has 1 aliphatic rings. The Hall–Kier alpha value is -4.59. The molecular weight excluding hydrogens is 576 g/mol. The van der Waals surface area contributed by atoms with Gasteiger partial charge in [0.1, 0.15) is 23.2 Å². The Labute approximate surface area is 252 Å². The van der Waals surface area contributed by atoms with Crippen LogP contribution in [0.25, 0.3) is 11.0 Å². The number of rotatable bonds is 8. The summed E-state index contributed by atoms with van der Waals surface area (Å²) in [6.45, 7) is 8.12. The van der Waals surface area contributed by atoms with Gasteiger partial charge < -0.3 is 50.1 Å². The number of aromatic hydroxyl groups is 2. The van der Waals surface area contributed by atoms with Crippen LogP contribution in [0.4, 0.5) is 10.5 Å². The fourth-order valence-corrected chi connectivity index (χ4v) is 5.07. The molecule has 0 aliphatic carbocycles. The Morgan fingerprint density at radius 1 is 1.16 bits per heavy atom. The molecule has 2 amide bonds. The van der Waals surface area contributed by atoms with E-state index < -0.39 is 65.7 Å². The number of aliphatic hydroxyl groups excluding tert-OH is 2. The molecular formula is C31H36N2O11. The first-order valence-electron chi connectivity index (χ1n) is 13.8. The number of primary amides is 1. The summed E-state index contributed by atoms with van der Waals surface area (Å²) in [5, 5.41) is 44.4.